The minimum atomic E-state index is -3.29. The Kier molecular flexibility index (Phi) is 5.99. The molecule has 1 N–H and O–H groups in total. The van der Waals surface area contributed by atoms with Gasteiger partial charge in [-0.25, -0.2) is 4.72 Å². The molecule has 1 heterocycles. The summed E-state index contributed by atoms with van der Waals surface area (Å²) in [6, 6.07) is 0. The maximum atomic E-state index is 11.7. The summed E-state index contributed by atoms with van der Waals surface area (Å²) in [7, 11) is -1.71. The molecule has 1 saturated heterocycles. The Morgan fingerprint density at radius 1 is 1.44 bits per heavy atom. The predicted octanol–water partition coefficient (Wildman–Crippen LogP) is 0.561. The number of hydrogen-bond acceptors (Lipinski definition) is 3. The van der Waals surface area contributed by atoms with E-state index in [9.17, 15) is 8.42 Å². The molecule has 0 radical (unpaired) electrons. The summed E-state index contributed by atoms with van der Waals surface area (Å²) in [5, 5.41) is -0.147. The Morgan fingerprint density at radius 2 is 2.06 bits per heavy atom. The maximum absolute atomic E-state index is 11.7. The van der Waals surface area contributed by atoms with Gasteiger partial charge >= 0.3 is 0 Å². The minimum absolute atomic E-state index is 0.147. The van der Waals surface area contributed by atoms with E-state index in [2.05, 4.69) is 4.72 Å². The average Bonchev–Trinajstić information content (AvgIpc) is 2.71. The summed E-state index contributed by atoms with van der Waals surface area (Å²) in [4.78, 5) is 0. The van der Waals surface area contributed by atoms with Crippen molar-refractivity contribution < 1.29 is 13.2 Å². The van der Waals surface area contributed by atoms with Crippen molar-refractivity contribution in [2.24, 2.45) is 0 Å². The van der Waals surface area contributed by atoms with Gasteiger partial charge in [0.25, 0.3) is 10.2 Å². The van der Waals surface area contributed by atoms with Crippen molar-refractivity contribution in [3.63, 3.8) is 0 Å². The Bertz CT molecular complexity index is 291. The van der Waals surface area contributed by atoms with Gasteiger partial charge in [0.15, 0.2) is 0 Å². The fourth-order valence-electron chi connectivity index (χ4n) is 1.63. The zero-order chi connectivity index (χ0) is 12.0. The average molecular weight is 271 g/mol. The molecule has 1 aliphatic heterocycles. The lowest BCUT2D eigenvalue weighted by molar-refractivity contribution is 0.196. The van der Waals surface area contributed by atoms with Crippen LogP contribution in [0.15, 0.2) is 0 Å². The molecule has 96 valence electrons. The van der Waals surface area contributed by atoms with Gasteiger partial charge in [-0.1, -0.05) is 0 Å². The van der Waals surface area contributed by atoms with Crippen LogP contribution in [0.4, 0.5) is 0 Å². The van der Waals surface area contributed by atoms with E-state index in [4.69, 9.17) is 16.3 Å². The SMILES string of the molecule is COCC(Cl)CCNS(=O)(=O)N1CCCC1. The number of rotatable bonds is 7. The molecule has 0 bridgehead atoms. The molecular weight excluding hydrogens is 252 g/mol. The first-order valence-corrected chi connectivity index (χ1v) is 7.31. The molecule has 0 aromatic rings. The first-order chi connectivity index (χ1) is 7.56. The van der Waals surface area contributed by atoms with Crippen LogP contribution in [0.2, 0.25) is 0 Å². The van der Waals surface area contributed by atoms with E-state index in [0.29, 0.717) is 32.7 Å². The van der Waals surface area contributed by atoms with E-state index in [1.807, 2.05) is 0 Å². The lowest BCUT2D eigenvalue weighted by Gasteiger charge is -2.16. The van der Waals surface area contributed by atoms with Crippen LogP contribution in [0.5, 0.6) is 0 Å². The molecule has 16 heavy (non-hydrogen) atoms. The quantitative estimate of drug-likeness (QED) is 0.688. The fourth-order valence-corrected chi connectivity index (χ4v) is 3.16. The van der Waals surface area contributed by atoms with Crippen LogP contribution in [-0.4, -0.2) is 51.5 Å². The van der Waals surface area contributed by atoms with Gasteiger partial charge in [-0.15, -0.1) is 11.6 Å². The smallest absolute Gasteiger partial charge is 0.279 e. The highest BCUT2D eigenvalue weighted by Crippen LogP contribution is 2.11. The highest BCUT2D eigenvalue weighted by Gasteiger charge is 2.24. The van der Waals surface area contributed by atoms with Crippen LogP contribution < -0.4 is 4.72 Å². The second-order valence-electron chi connectivity index (χ2n) is 3.85. The number of alkyl halides is 1. The zero-order valence-corrected chi connectivity index (χ0v) is 11.1. The fraction of sp³-hybridized carbons (Fsp3) is 1.00. The lowest BCUT2D eigenvalue weighted by atomic mass is 10.3. The molecule has 0 aromatic carbocycles. The molecule has 0 amide bonds. The van der Waals surface area contributed by atoms with Crippen molar-refractivity contribution in [3.8, 4) is 0 Å². The summed E-state index contributed by atoms with van der Waals surface area (Å²) < 4.78 is 32.3. The summed E-state index contributed by atoms with van der Waals surface area (Å²) in [6.07, 6.45) is 2.47. The predicted molar refractivity (Wildman–Crippen MR) is 63.9 cm³/mol. The Hall–Kier alpha value is 0.120. The van der Waals surface area contributed by atoms with Crippen molar-refractivity contribution >= 4 is 21.8 Å². The molecule has 0 aromatic heterocycles. The summed E-state index contributed by atoms with van der Waals surface area (Å²) in [6.45, 7) is 2.04. The largest absolute Gasteiger partial charge is 0.383 e. The van der Waals surface area contributed by atoms with Gasteiger partial charge in [0, 0.05) is 26.7 Å². The first kappa shape index (κ1) is 14.2. The second kappa shape index (κ2) is 6.76. The topological polar surface area (TPSA) is 58.6 Å². The number of nitrogens with zero attached hydrogens (tertiary/aromatic N) is 1. The van der Waals surface area contributed by atoms with Crippen LogP contribution in [0.25, 0.3) is 0 Å². The van der Waals surface area contributed by atoms with Crippen LogP contribution in [-0.2, 0) is 14.9 Å². The zero-order valence-electron chi connectivity index (χ0n) is 9.49. The Labute approximate surface area is 102 Å². The highest BCUT2D eigenvalue weighted by atomic mass is 35.5. The number of ether oxygens (including phenoxy) is 1. The Balaban J connectivity index is 2.25. The third kappa shape index (κ3) is 4.55. The molecular formula is C9H19ClN2O3S. The third-order valence-electron chi connectivity index (χ3n) is 2.49. The summed E-state index contributed by atoms with van der Waals surface area (Å²) in [5.74, 6) is 0. The molecule has 0 aliphatic carbocycles. The van der Waals surface area contributed by atoms with Gasteiger partial charge < -0.3 is 4.74 Å². The van der Waals surface area contributed by atoms with Gasteiger partial charge in [-0.3, -0.25) is 0 Å². The van der Waals surface area contributed by atoms with Gasteiger partial charge in [0.2, 0.25) is 0 Å². The molecule has 0 saturated carbocycles. The standard InChI is InChI=1S/C9H19ClN2O3S/c1-15-8-9(10)4-5-11-16(13,14)12-6-2-3-7-12/h9,11H,2-8H2,1H3. The number of halogens is 1. The van der Waals surface area contributed by atoms with E-state index in [1.54, 1.807) is 7.11 Å². The van der Waals surface area contributed by atoms with Gasteiger partial charge in [0.05, 0.1) is 12.0 Å². The van der Waals surface area contributed by atoms with Crippen LogP contribution in [0.3, 0.4) is 0 Å². The van der Waals surface area contributed by atoms with E-state index in [0.717, 1.165) is 12.8 Å². The number of nitrogens with one attached hydrogen (secondary N) is 1. The minimum Gasteiger partial charge on any atom is -0.383 e. The van der Waals surface area contributed by atoms with Crippen molar-refractivity contribution in [1.29, 1.82) is 0 Å². The van der Waals surface area contributed by atoms with E-state index in [-0.39, 0.29) is 5.38 Å². The van der Waals surface area contributed by atoms with Crippen molar-refractivity contribution in [1.82, 2.24) is 9.03 Å². The third-order valence-corrected chi connectivity index (χ3v) is 4.45. The molecule has 1 atom stereocenters. The van der Waals surface area contributed by atoms with E-state index < -0.39 is 10.2 Å². The summed E-state index contributed by atoms with van der Waals surface area (Å²) in [5.41, 5.74) is 0. The van der Waals surface area contributed by atoms with Crippen LogP contribution in [0, 0.1) is 0 Å². The van der Waals surface area contributed by atoms with Crippen molar-refractivity contribution in [2.45, 2.75) is 24.6 Å². The van der Waals surface area contributed by atoms with Gasteiger partial charge in [-0.05, 0) is 19.3 Å². The van der Waals surface area contributed by atoms with Gasteiger partial charge in [-0.2, -0.15) is 12.7 Å². The van der Waals surface area contributed by atoms with Gasteiger partial charge in [0.1, 0.15) is 0 Å². The second-order valence-corrected chi connectivity index (χ2v) is 6.22. The molecule has 1 rings (SSSR count). The van der Waals surface area contributed by atoms with E-state index in [1.165, 1.54) is 4.31 Å². The molecule has 1 unspecified atom stereocenters. The van der Waals surface area contributed by atoms with Crippen molar-refractivity contribution in [3.05, 3.63) is 0 Å². The molecule has 5 nitrogen and oxygen atoms in total. The molecule has 0 spiro atoms. The number of methoxy groups -OCH3 is 1. The number of hydrogen-bond donors (Lipinski definition) is 1. The monoisotopic (exact) mass is 270 g/mol. The highest BCUT2D eigenvalue weighted by molar-refractivity contribution is 7.87. The normalized spacial score (nSPS) is 20.1. The van der Waals surface area contributed by atoms with Crippen molar-refractivity contribution in [2.75, 3.05) is 33.4 Å². The first-order valence-electron chi connectivity index (χ1n) is 5.44. The summed E-state index contributed by atoms with van der Waals surface area (Å²) >= 11 is 5.90. The molecule has 1 aliphatic rings. The maximum Gasteiger partial charge on any atom is 0.279 e. The Morgan fingerprint density at radius 3 is 2.62 bits per heavy atom. The molecule has 1 fully saturated rings. The van der Waals surface area contributed by atoms with Crippen LogP contribution in [0.1, 0.15) is 19.3 Å². The van der Waals surface area contributed by atoms with Crippen LogP contribution >= 0.6 is 11.6 Å². The lowest BCUT2D eigenvalue weighted by Crippen LogP contribution is -2.39. The van der Waals surface area contributed by atoms with E-state index >= 15 is 0 Å². The molecule has 7 heteroatoms.